The molecule has 2 aliphatic rings. The third-order valence-electron chi connectivity index (χ3n) is 6.30. The molecule has 0 radical (unpaired) electrons. The van der Waals surface area contributed by atoms with Gasteiger partial charge in [-0.25, -0.2) is 0 Å². The van der Waals surface area contributed by atoms with Crippen LogP contribution < -0.4 is 10.2 Å². The van der Waals surface area contributed by atoms with Crippen molar-refractivity contribution in [2.75, 3.05) is 24.5 Å². The van der Waals surface area contributed by atoms with Crippen LogP contribution in [0.15, 0.2) is 48.5 Å². The molecule has 1 N–H and O–H groups in total. The number of benzene rings is 2. The Morgan fingerprint density at radius 2 is 1.96 bits per heavy atom. The lowest BCUT2D eigenvalue weighted by Gasteiger charge is -2.35. The lowest BCUT2D eigenvalue weighted by molar-refractivity contribution is 0.410. The summed E-state index contributed by atoms with van der Waals surface area (Å²) in [5, 5.41) is 9.91. The summed E-state index contributed by atoms with van der Waals surface area (Å²) in [6, 6.07) is 18.2. The van der Waals surface area contributed by atoms with E-state index in [1.165, 1.54) is 47.1 Å². The summed E-state index contributed by atoms with van der Waals surface area (Å²) in [6.45, 7) is 3.16. The van der Waals surface area contributed by atoms with Crippen LogP contribution in [0.5, 0.6) is 0 Å². The molecule has 0 spiro atoms. The number of hydrogen-bond donors (Lipinski definition) is 1. The van der Waals surface area contributed by atoms with Crippen molar-refractivity contribution in [1.82, 2.24) is 15.1 Å². The van der Waals surface area contributed by atoms with Gasteiger partial charge in [0.25, 0.3) is 0 Å². The van der Waals surface area contributed by atoms with E-state index in [-0.39, 0.29) is 0 Å². The SMILES string of the molecule is Cn1nc(C2CCC2)c2cc(N3CCNC(Cc4ccccc4)C3)ccc21. The van der Waals surface area contributed by atoms with Crippen LogP contribution in [0.1, 0.15) is 36.4 Å². The Hall–Kier alpha value is -2.33. The first-order chi connectivity index (χ1) is 13.3. The van der Waals surface area contributed by atoms with Crippen LogP contribution in [0.3, 0.4) is 0 Å². The zero-order valence-corrected chi connectivity index (χ0v) is 16.1. The van der Waals surface area contributed by atoms with Crippen LogP contribution in [0.2, 0.25) is 0 Å². The fourth-order valence-corrected chi connectivity index (χ4v) is 4.56. The van der Waals surface area contributed by atoms with Gasteiger partial charge in [-0.1, -0.05) is 36.8 Å². The molecule has 27 heavy (non-hydrogen) atoms. The van der Waals surface area contributed by atoms with Gasteiger partial charge >= 0.3 is 0 Å². The predicted molar refractivity (Wildman–Crippen MR) is 111 cm³/mol. The number of hydrogen-bond acceptors (Lipinski definition) is 3. The Labute approximate surface area is 161 Å². The molecule has 140 valence electrons. The van der Waals surface area contributed by atoms with Crippen LogP contribution in [0, 0.1) is 0 Å². The van der Waals surface area contributed by atoms with Gasteiger partial charge in [-0.3, -0.25) is 4.68 Å². The second-order valence-electron chi connectivity index (χ2n) is 8.12. The number of aryl methyl sites for hydroxylation is 1. The minimum Gasteiger partial charge on any atom is -0.369 e. The van der Waals surface area contributed by atoms with E-state index in [0.29, 0.717) is 12.0 Å². The fourth-order valence-electron chi connectivity index (χ4n) is 4.56. The summed E-state index contributed by atoms with van der Waals surface area (Å²) in [7, 11) is 2.07. The van der Waals surface area contributed by atoms with Crippen LogP contribution in [0.4, 0.5) is 5.69 Å². The van der Waals surface area contributed by atoms with Crippen LogP contribution in [-0.2, 0) is 13.5 Å². The standard InChI is InChI=1S/C23H28N4/c1-26-22-11-10-20(15-21(22)23(25-26)18-8-5-9-18)27-13-12-24-19(16-27)14-17-6-3-2-4-7-17/h2-4,6-7,10-11,15,18-19,24H,5,8-9,12-14,16H2,1H3. The summed E-state index contributed by atoms with van der Waals surface area (Å²) in [5.41, 5.74) is 5.33. The minimum absolute atomic E-state index is 0.497. The Morgan fingerprint density at radius 1 is 1.11 bits per heavy atom. The highest BCUT2D eigenvalue weighted by Crippen LogP contribution is 2.39. The van der Waals surface area contributed by atoms with Gasteiger partial charge in [0.15, 0.2) is 0 Å². The Morgan fingerprint density at radius 3 is 2.74 bits per heavy atom. The highest BCUT2D eigenvalue weighted by Gasteiger charge is 2.26. The van der Waals surface area contributed by atoms with E-state index in [2.05, 4.69) is 70.5 Å². The van der Waals surface area contributed by atoms with Crippen molar-refractivity contribution in [3.63, 3.8) is 0 Å². The monoisotopic (exact) mass is 360 g/mol. The number of piperazine rings is 1. The van der Waals surface area contributed by atoms with Gasteiger partial charge in [-0.2, -0.15) is 5.10 Å². The summed E-state index contributed by atoms with van der Waals surface area (Å²) < 4.78 is 2.06. The molecule has 2 heterocycles. The van der Waals surface area contributed by atoms with Crippen LogP contribution in [0.25, 0.3) is 10.9 Å². The molecule has 4 nitrogen and oxygen atoms in total. The van der Waals surface area contributed by atoms with Gasteiger partial charge in [0.05, 0.1) is 11.2 Å². The summed E-state index contributed by atoms with van der Waals surface area (Å²) in [4.78, 5) is 2.54. The van der Waals surface area contributed by atoms with Crippen LogP contribution in [-0.4, -0.2) is 35.5 Å². The molecule has 4 heteroatoms. The number of nitrogens with zero attached hydrogens (tertiary/aromatic N) is 3. The van der Waals surface area contributed by atoms with Gasteiger partial charge in [-0.15, -0.1) is 0 Å². The maximum Gasteiger partial charge on any atom is 0.0734 e. The highest BCUT2D eigenvalue weighted by molar-refractivity contribution is 5.86. The average molecular weight is 361 g/mol. The van der Waals surface area contributed by atoms with Crippen molar-refractivity contribution in [2.24, 2.45) is 7.05 Å². The summed E-state index contributed by atoms with van der Waals surface area (Å²) in [6.07, 6.45) is 5.02. The molecule has 1 unspecified atom stereocenters. The van der Waals surface area contributed by atoms with E-state index in [1.807, 2.05) is 0 Å². The number of rotatable bonds is 4. The Bertz CT molecular complexity index is 926. The lowest BCUT2D eigenvalue weighted by atomic mass is 9.82. The largest absolute Gasteiger partial charge is 0.369 e. The normalized spacial score (nSPS) is 20.8. The van der Waals surface area contributed by atoms with E-state index in [9.17, 15) is 0 Å². The van der Waals surface area contributed by atoms with Crippen molar-refractivity contribution in [3.05, 3.63) is 59.8 Å². The molecule has 3 aromatic rings. The van der Waals surface area contributed by atoms with Crippen molar-refractivity contribution < 1.29 is 0 Å². The van der Waals surface area contributed by atoms with Gasteiger partial charge < -0.3 is 10.2 Å². The van der Waals surface area contributed by atoms with Gasteiger partial charge in [0, 0.05) is 49.7 Å². The van der Waals surface area contributed by atoms with E-state index >= 15 is 0 Å². The number of fused-ring (bicyclic) bond motifs is 1. The second-order valence-corrected chi connectivity index (χ2v) is 8.12. The maximum absolute atomic E-state index is 4.85. The molecule has 1 saturated heterocycles. The van der Waals surface area contributed by atoms with E-state index in [0.717, 1.165) is 26.1 Å². The molecule has 2 aromatic carbocycles. The first-order valence-electron chi connectivity index (χ1n) is 10.3. The predicted octanol–water partition coefficient (Wildman–Crippen LogP) is 3.86. The highest BCUT2D eigenvalue weighted by atomic mass is 15.3. The number of nitrogens with one attached hydrogen (secondary N) is 1. The summed E-state index contributed by atoms with van der Waals surface area (Å²) in [5.74, 6) is 0.665. The molecule has 1 aliphatic carbocycles. The fraction of sp³-hybridized carbons (Fsp3) is 0.435. The topological polar surface area (TPSA) is 33.1 Å². The molecule has 0 amide bonds. The lowest BCUT2D eigenvalue weighted by Crippen LogP contribution is -2.51. The van der Waals surface area contributed by atoms with Crippen LogP contribution >= 0.6 is 0 Å². The van der Waals surface area contributed by atoms with Gasteiger partial charge in [-0.05, 0) is 43.0 Å². The zero-order valence-electron chi connectivity index (χ0n) is 16.1. The zero-order chi connectivity index (χ0) is 18.2. The Kier molecular flexibility index (Phi) is 4.36. The van der Waals surface area contributed by atoms with E-state index in [4.69, 9.17) is 5.10 Å². The van der Waals surface area contributed by atoms with E-state index < -0.39 is 0 Å². The van der Waals surface area contributed by atoms with Crippen molar-refractivity contribution in [2.45, 2.75) is 37.6 Å². The molecule has 2 fully saturated rings. The van der Waals surface area contributed by atoms with E-state index in [1.54, 1.807) is 0 Å². The summed E-state index contributed by atoms with van der Waals surface area (Å²) >= 11 is 0. The van der Waals surface area contributed by atoms with Crippen molar-refractivity contribution in [3.8, 4) is 0 Å². The minimum atomic E-state index is 0.497. The molecule has 1 aliphatic heterocycles. The molecule has 1 saturated carbocycles. The molecule has 1 atom stereocenters. The maximum atomic E-state index is 4.85. The molecular formula is C23H28N4. The van der Waals surface area contributed by atoms with Gasteiger partial charge in [0.2, 0.25) is 0 Å². The quantitative estimate of drug-likeness (QED) is 0.767. The molecule has 5 rings (SSSR count). The average Bonchev–Trinajstić information content (AvgIpc) is 2.97. The molecule has 1 aromatic heterocycles. The smallest absolute Gasteiger partial charge is 0.0734 e. The first kappa shape index (κ1) is 16.8. The van der Waals surface area contributed by atoms with Crippen molar-refractivity contribution >= 4 is 16.6 Å². The second kappa shape index (κ2) is 7.01. The molecule has 0 bridgehead atoms. The Balaban J connectivity index is 1.39. The van der Waals surface area contributed by atoms with Gasteiger partial charge in [0.1, 0.15) is 0 Å². The molecular weight excluding hydrogens is 332 g/mol. The first-order valence-corrected chi connectivity index (χ1v) is 10.3. The third-order valence-corrected chi connectivity index (χ3v) is 6.30. The third kappa shape index (κ3) is 3.23. The number of aromatic nitrogens is 2. The number of anilines is 1. The van der Waals surface area contributed by atoms with Crippen molar-refractivity contribution in [1.29, 1.82) is 0 Å².